The molecule has 0 aliphatic heterocycles. The maximum atomic E-state index is 13.0. The van der Waals surface area contributed by atoms with Gasteiger partial charge in [-0.15, -0.1) is 0 Å². The van der Waals surface area contributed by atoms with Crippen LogP contribution in [0.3, 0.4) is 0 Å². The highest BCUT2D eigenvalue weighted by Crippen LogP contribution is 2.35. The number of methoxy groups -OCH3 is 2. The molecule has 0 bridgehead atoms. The van der Waals surface area contributed by atoms with E-state index in [2.05, 4.69) is 33.5 Å². The van der Waals surface area contributed by atoms with Crippen molar-refractivity contribution in [1.82, 2.24) is 15.3 Å². The number of aromatic nitrogens is 2. The Morgan fingerprint density at radius 1 is 1.03 bits per heavy atom. The Labute approximate surface area is 168 Å². The molecule has 5 rings (SSSR count). The fraction of sp³-hybridized carbons (Fsp3) is 0.261. The summed E-state index contributed by atoms with van der Waals surface area (Å²) in [5.41, 5.74) is 4.94. The van der Waals surface area contributed by atoms with Gasteiger partial charge in [-0.05, 0) is 43.0 Å². The topological polar surface area (TPSA) is 79.1 Å². The van der Waals surface area contributed by atoms with E-state index in [1.165, 1.54) is 10.9 Å². The molecule has 2 aromatic heterocycles. The molecule has 0 radical (unpaired) electrons. The van der Waals surface area contributed by atoms with Gasteiger partial charge in [0.1, 0.15) is 5.69 Å². The largest absolute Gasteiger partial charge is 0.493 e. The Bertz CT molecular complexity index is 1180. The molecule has 0 saturated carbocycles. The van der Waals surface area contributed by atoms with Gasteiger partial charge in [-0.3, -0.25) is 4.79 Å². The number of nitrogens with one attached hydrogen (secondary N) is 3. The predicted octanol–water partition coefficient (Wildman–Crippen LogP) is 4.47. The summed E-state index contributed by atoms with van der Waals surface area (Å²) in [5.74, 6) is 1.15. The number of carbonyl (C=O) groups is 1. The van der Waals surface area contributed by atoms with Crippen LogP contribution in [0.15, 0.2) is 42.5 Å². The van der Waals surface area contributed by atoms with E-state index in [4.69, 9.17) is 9.47 Å². The first kappa shape index (κ1) is 17.7. The van der Waals surface area contributed by atoms with Crippen LogP contribution < -0.4 is 14.8 Å². The van der Waals surface area contributed by atoms with E-state index >= 15 is 0 Å². The number of ether oxygens (including phenoxy) is 2. The van der Waals surface area contributed by atoms with E-state index in [9.17, 15) is 4.79 Å². The van der Waals surface area contributed by atoms with E-state index in [1.54, 1.807) is 14.2 Å². The lowest BCUT2D eigenvalue weighted by molar-refractivity contribution is 0.0927. The number of rotatable bonds is 4. The number of fused-ring (bicyclic) bond motifs is 4. The summed E-state index contributed by atoms with van der Waals surface area (Å²) < 4.78 is 10.7. The first-order valence-electron chi connectivity index (χ1n) is 9.83. The highest BCUT2D eigenvalue weighted by molar-refractivity contribution is 5.99. The Kier molecular flexibility index (Phi) is 4.19. The number of hydrogen-bond donors (Lipinski definition) is 3. The minimum Gasteiger partial charge on any atom is -0.493 e. The van der Waals surface area contributed by atoms with Crippen molar-refractivity contribution >= 4 is 27.7 Å². The third-order valence-electron chi connectivity index (χ3n) is 5.79. The van der Waals surface area contributed by atoms with Crippen LogP contribution in [-0.4, -0.2) is 30.1 Å². The maximum Gasteiger partial charge on any atom is 0.268 e. The maximum absolute atomic E-state index is 13.0. The van der Waals surface area contributed by atoms with Gasteiger partial charge in [-0.25, -0.2) is 0 Å². The minimum atomic E-state index is -0.115. The standard InChI is InChI=1S/C23H23N3O3/c1-28-20-11-13-10-19(24-18(13)12-21(20)29-2)23(27)26-17-9-5-7-15-14-6-3-4-8-16(14)25-22(15)17/h3-4,6,8,10-12,17,24-25H,5,7,9H2,1-2H3,(H,26,27). The van der Waals surface area contributed by atoms with Gasteiger partial charge >= 0.3 is 0 Å². The van der Waals surface area contributed by atoms with Gasteiger partial charge < -0.3 is 24.8 Å². The van der Waals surface area contributed by atoms with Crippen molar-refractivity contribution in [2.75, 3.05) is 14.2 Å². The van der Waals surface area contributed by atoms with Crippen LogP contribution in [0.2, 0.25) is 0 Å². The average Bonchev–Trinajstić information content (AvgIpc) is 3.34. The van der Waals surface area contributed by atoms with Gasteiger partial charge in [0.2, 0.25) is 0 Å². The molecule has 1 atom stereocenters. The fourth-order valence-corrected chi connectivity index (χ4v) is 4.38. The monoisotopic (exact) mass is 389 g/mol. The Morgan fingerprint density at radius 2 is 1.83 bits per heavy atom. The average molecular weight is 389 g/mol. The molecule has 6 heteroatoms. The second-order valence-corrected chi connectivity index (χ2v) is 7.46. The minimum absolute atomic E-state index is 0.0193. The van der Waals surface area contributed by atoms with Gasteiger partial charge in [0, 0.05) is 33.6 Å². The predicted molar refractivity (Wildman–Crippen MR) is 113 cm³/mol. The Morgan fingerprint density at radius 3 is 2.66 bits per heavy atom. The zero-order chi connectivity index (χ0) is 20.0. The van der Waals surface area contributed by atoms with Crippen molar-refractivity contribution in [3.63, 3.8) is 0 Å². The second kappa shape index (κ2) is 6.88. The lowest BCUT2D eigenvalue weighted by atomic mass is 9.91. The molecule has 29 heavy (non-hydrogen) atoms. The van der Waals surface area contributed by atoms with Gasteiger partial charge in [0.15, 0.2) is 11.5 Å². The van der Waals surface area contributed by atoms with Crippen molar-refractivity contribution in [3.05, 3.63) is 59.4 Å². The normalized spacial score (nSPS) is 16.0. The highest BCUT2D eigenvalue weighted by Gasteiger charge is 2.26. The van der Waals surface area contributed by atoms with Gasteiger partial charge in [-0.2, -0.15) is 0 Å². The molecule has 2 heterocycles. The lowest BCUT2D eigenvalue weighted by Gasteiger charge is -2.23. The summed E-state index contributed by atoms with van der Waals surface area (Å²) in [6, 6.07) is 13.9. The molecule has 1 unspecified atom stereocenters. The SMILES string of the molecule is COc1cc2cc(C(=O)NC3CCCc4c3[nH]c3ccccc43)[nH]c2cc1OC. The molecule has 3 N–H and O–H groups in total. The fourth-order valence-electron chi connectivity index (χ4n) is 4.38. The molecule has 148 valence electrons. The Hall–Kier alpha value is -3.41. The molecule has 0 fully saturated rings. The molecular formula is C23H23N3O3. The second-order valence-electron chi connectivity index (χ2n) is 7.46. The van der Waals surface area contributed by atoms with Crippen molar-refractivity contribution in [3.8, 4) is 11.5 Å². The zero-order valence-electron chi connectivity index (χ0n) is 16.5. The van der Waals surface area contributed by atoms with Crippen molar-refractivity contribution < 1.29 is 14.3 Å². The number of benzene rings is 2. The highest BCUT2D eigenvalue weighted by atomic mass is 16.5. The van der Waals surface area contributed by atoms with Crippen LogP contribution in [0.25, 0.3) is 21.8 Å². The number of hydrogen-bond acceptors (Lipinski definition) is 3. The van der Waals surface area contributed by atoms with Crippen LogP contribution in [0, 0.1) is 0 Å². The van der Waals surface area contributed by atoms with Gasteiger partial charge in [-0.1, -0.05) is 18.2 Å². The first-order chi connectivity index (χ1) is 14.2. The van der Waals surface area contributed by atoms with Crippen LogP contribution >= 0.6 is 0 Å². The van der Waals surface area contributed by atoms with Crippen LogP contribution in [0.4, 0.5) is 0 Å². The smallest absolute Gasteiger partial charge is 0.268 e. The van der Waals surface area contributed by atoms with E-state index in [0.29, 0.717) is 17.2 Å². The van der Waals surface area contributed by atoms with Gasteiger partial charge in [0.25, 0.3) is 5.91 Å². The number of carbonyl (C=O) groups excluding carboxylic acids is 1. The molecule has 1 aliphatic carbocycles. The molecule has 1 amide bonds. The molecular weight excluding hydrogens is 366 g/mol. The van der Waals surface area contributed by atoms with E-state index in [-0.39, 0.29) is 11.9 Å². The van der Waals surface area contributed by atoms with Crippen molar-refractivity contribution in [1.29, 1.82) is 0 Å². The summed E-state index contributed by atoms with van der Waals surface area (Å²) in [6.45, 7) is 0. The molecule has 6 nitrogen and oxygen atoms in total. The quantitative estimate of drug-likeness (QED) is 0.482. The number of H-pyrrole nitrogens is 2. The molecule has 0 saturated heterocycles. The molecule has 0 spiro atoms. The third-order valence-corrected chi connectivity index (χ3v) is 5.79. The molecule has 4 aromatic rings. The van der Waals surface area contributed by atoms with Crippen LogP contribution in [0.1, 0.15) is 40.6 Å². The van der Waals surface area contributed by atoms with Crippen molar-refractivity contribution in [2.24, 2.45) is 0 Å². The summed E-state index contributed by atoms with van der Waals surface area (Å²) in [5, 5.41) is 5.37. The van der Waals surface area contributed by atoms with E-state index < -0.39 is 0 Å². The third kappa shape index (κ3) is 2.92. The summed E-state index contributed by atoms with van der Waals surface area (Å²) in [4.78, 5) is 19.7. The van der Waals surface area contributed by atoms with Crippen LogP contribution in [0.5, 0.6) is 11.5 Å². The number of aromatic amines is 2. The Balaban J connectivity index is 1.45. The zero-order valence-corrected chi connectivity index (χ0v) is 16.5. The van der Waals surface area contributed by atoms with E-state index in [0.717, 1.165) is 41.4 Å². The summed E-state index contributed by atoms with van der Waals surface area (Å²) >= 11 is 0. The molecule has 2 aromatic carbocycles. The van der Waals surface area contributed by atoms with Gasteiger partial charge in [0.05, 0.1) is 20.3 Å². The van der Waals surface area contributed by atoms with Crippen molar-refractivity contribution in [2.45, 2.75) is 25.3 Å². The number of aryl methyl sites for hydroxylation is 1. The summed E-state index contributed by atoms with van der Waals surface area (Å²) in [6.07, 6.45) is 3.02. The first-order valence-corrected chi connectivity index (χ1v) is 9.83. The number of para-hydroxylation sites is 1. The van der Waals surface area contributed by atoms with Crippen LogP contribution in [-0.2, 0) is 6.42 Å². The summed E-state index contributed by atoms with van der Waals surface area (Å²) in [7, 11) is 3.20. The molecule has 1 aliphatic rings. The lowest BCUT2D eigenvalue weighted by Crippen LogP contribution is -2.31. The number of amides is 1. The van der Waals surface area contributed by atoms with E-state index in [1.807, 2.05) is 24.3 Å².